The maximum Gasteiger partial charge on any atom is 0.216 e. The number of piperazine rings is 1. The summed E-state index contributed by atoms with van der Waals surface area (Å²) in [6.07, 6.45) is 1.79. The zero-order valence-corrected chi connectivity index (χ0v) is 20.0. The van der Waals surface area contributed by atoms with Crippen LogP contribution in [0.1, 0.15) is 39.3 Å². The molecule has 1 aromatic carbocycles. The molecule has 2 aromatic rings. The molecular formula is C21H32IN5O2. The van der Waals surface area contributed by atoms with E-state index in [2.05, 4.69) is 47.8 Å². The number of aromatic nitrogens is 1. The van der Waals surface area contributed by atoms with Gasteiger partial charge in [0.1, 0.15) is 18.1 Å². The zero-order chi connectivity index (χ0) is 20.1. The lowest BCUT2D eigenvalue weighted by Crippen LogP contribution is -2.52. The average Bonchev–Trinajstić information content (AvgIpc) is 3.15. The van der Waals surface area contributed by atoms with Gasteiger partial charge in [0.05, 0.1) is 11.9 Å². The molecule has 29 heavy (non-hydrogen) atoms. The second-order valence-corrected chi connectivity index (χ2v) is 8.00. The van der Waals surface area contributed by atoms with Gasteiger partial charge in [-0.1, -0.05) is 32.9 Å². The minimum atomic E-state index is -0.0568. The van der Waals surface area contributed by atoms with Crippen molar-refractivity contribution in [3.05, 3.63) is 42.1 Å². The van der Waals surface area contributed by atoms with Crippen LogP contribution in [0.3, 0.4) is 0 Å². The van der Waals surface area contributed by atoms with E-state index in [9.17, 15) is 5.11 Å². The molecule has 1 fully saturated rings. The van der Waals surface area contributed by atoms with Crippen LogP contribution < -0.4 is 10.2 Å². The first-order valence-electron chi connectivity index (χ1n) is 9.90. The van der Waals surface area contributed by atoms with Gasteiger partial charge in [-0.05, 0) is 19.1 Å². The normalized spacial score (nSPS) is 15.2. The highest BCUT2D eigenvalue weighted by molar-refractivity contribution is 14.0. The molecule has 0 radical (unpaired) electrons. The Hall–Kier alpha value is -1.97. The van der Waals surface area contributed by atoms with E-state index >= 15 is 0 Å². The molecule has 7 nitrogen and oxygen atoms in total. The Kier molecular flexibility index (Phi) is 8.18. The smallest absolute Gasteiger partial charge is 0.216 e. The summed E-state index contributed by atoms with van der Waals surface area (Å²) in [5.41, 5.74) is 0.831. The van der Waals surface area contributed by atoms with Crippen LogP contribution in [-0.2, 0) is 12.0 Å². The molecule has 0 spiro atoms. The number of hydrogen-bond acceptors (Lipinski definition) is 5. The van der Waals surface area contributed by atoms with Gasteiger partial charge in [0.15, 0.2) is 5.96 Å². The lowest BCUT2D eigenvalue weighted by Gasteiger charge is -2.37. The monoisotopic (exact) mass is 513 g/mol. The number of nitrogens with one attached hydrogen (secondary N) is 1. The van der Waals surface area contributed by atoms with E-state index in [1.54, 1.807) is 12.3 Å². The fourth-order valence-corrected chi connectivity index (χ4v) is 3.19. The van der Waals surface area contributed by atoms with Crippen LogP contribution in [-0.4, -0.2) is 53.7 Å². The number of halogens is 1. The highest BCUT2D eigenvalue weighted by Crippen LogP contribution is 2.27. The highest BCUT2D eigenvalue weighted by atomic mass is 127. The number of guanidine groups is 1. The molecule has 1 saturated heterocycles. The number of phenolic OH excluding ortho intramolecular Hbond substituents is 1. The number of oxazole rings is 1. The van der Waals surface area contributed by atoms with Gasteiger partial charge < -0.3 is 24.6 Å². The molecule has 0 amide bonds. The van der Waals surface area contributed by atoms with Crippen molar-refractivity contribution >= 4 is 35.6 Å². The van der Waals surface area contributed by atoms with E-state index < -0.39 is 0 Å². The summed E-state index contributed by atoms with van der Waals surface area (Å²) >= 11 is 0. The van der Waals surface area contributed by atoms with Gasteiger partial charge in [0.2, 0.25) is 5.89 Å². The van der Waals surface area contributed by atoms with Crippen LogP contribution in [0.4, 0.5) is 5.69 Å². The maximum absolute atomic E-state index is 10.1. The number of benzene rings is 1. The standard InChI is InChI=1S/C21H31N5O2.HI/c1-5-22-20(24-15-19-23-14-18(28-19)21(2,3)4)26-12-10-25(11-13-26)16-8-6-7-9-17(16)27;/h6-9,14,27H,5,10-13,15H2,1-4H3,(H,22,24);1H. The third-order valence-corrected chi connectivity index (χ3v) is 4.79. The molecule has 1 aromatic heterocycles. The van der Waals surface area contributed by atoms with Crippen LogP contribution >= 0.6 is 24.0 Å². The van der Waals surface area contributed by atoms with Crippen molar-refractivity contribution < 1.29 is 9.52 Å². The summed E-state index contributed by atoms with van der Waals surface area (Å²) in [6.45, 7) is 12.9. The van der Waals surface area contributed by atoms with Gasteiger partial charge >= 0.3 is 0 Å². The van der Waals surface area contributed by atoms with Gasteiger partial charge in [-0.15, -0.1) is 24.0 Å². The molecule has 1 aliphatic heterocycles. The van der Waals surface area contributed by atoms with Crippen molar-refractivity contribution in [2.75, 3.05) is 37.6 Å². The van der Waals surface area contributed by atoms with E-state index in [0.717, 1.165) is 50.1 Å². The number of nitrogens with zero attached hydrogens (tertiary/aromatic N) is 4. The van der Waals surface area contributed by atoms with Crippen LogP contribution in [0.25, 0.3) is 0 Å². The third kappa shape index (κ3) is 6.01. The van der Waals surface area contributed by atoms with Crippen molar-refractivity contribution in [1.82, 2.24) is 15.2 Å². The number of aliphatic imine (C=N–C) groups is 1. The highest BCUT2D eigenvalue weighted by Gasteiger charge is 2.22. The van der Waals surface area contributed by atoms with Crippen molar-refractivity contribution in [2.24, 2.45) is 4.99 Å². The largest absolute Gasteiger partial charge is 0.506 e. The molecular weight excluding hydrogens is 481 g/mol. The summed E-state index contributed by atoms with van der Waals surface area (Å²) in [5, 5.41) is 13.4. The third-order valence-electron chi connectivity index (χ3n) is 4.79. The molecule has 2 N–H and O–H groups in total. The van der Waals surface area contributed by atoms with Crippen LogP contribution in [0.15, 0.2) is 39.9 Å². The summed E-state index contributed by atoms with van der Waals surface area (Å²) < 4.78 is 5.85. The molecule has 160 valence electrons. The second kappa shape index (κ2) is 10.2. The lowest BCUT2D eigenvalue weighted by molar-refractivity contribution is 0.365. The first kappa shape index (κ1) is 23.3. The molecule has 1 aliphatic rings. The average molecular weight is 513 g/mol. The van der Waals surface area contributed by atoms with Crippen molar-refractivity contribution in [2.45, 2.75) is 39.7 Å². The van der Waals surface area contributed by atoms with Crippen LogP contribution in [0.5, 0.6) is 5.75 Å². The molecule has 0 atom stereocenters. The van der Waals surface area contributed by atoms with Crippen LogP contribution in [0.2, 0.25) is 0 Å². The molecule has 0 unspecified atom stereocenters. The fourth-order valence-electron chi connectivity index (χ4n) is 3.19. The first-order valence-corrected chi connectivity index (χ1v) is 9.90. The van der Waals surface area contributed by atoms with E-state index in [-0.39, 0.29) is 29.4 Å². The van der Waals surface area contributed by atoms with Gasteiger partial charge in [-0.25, -0.2) is 9.98 Å². The van der Waals surface area contributed by atoms with Crippen LogP contribution in [0, 0.1) is 0 Å². The van der Waals surface area contributed by atoms with E-state index in [4.69, 9.17) is 9.41 Å². The lowest BCUT2D eigenvalue weighted by atomic mass is 9.94. The van der Waals surface area contributed by atoms with Gasteiger partial charge in [0.25, 0.3) is 0 Å². The Balaban J connectivity index is 0.00000300. The summed E-state index contributed by atoms with van der Waals surface area (Å²) in [4.78, 5) is 13.5. The number of para-hydroxylation sites is 2. The number of anilines is 1. The number of hydrogen-bond donors (Lipinski definition) is 2. The molecule has 8 heteroatoms. The zero-order valence-electron chi connectivity index (χ0n) is 17.7. The molecule has 0 saturated carbocycles. The van der Waals surface area contributed by atoms with Crippen molar-refractivity contribution in [3.8, 4) is 5.75 Å². The Morgan fingerprint density at radius 1 is 1.21 bits per heavy atom. The number of aromatic hydroxyl groups is 1. The van der Waals surface area contributed by atoms with E-state index in [1.807, 2.05) is 18.2 Å². The quantitative estimate of drug-likeness (QED) is 0.370. The number of phenols is 1. The summed E-state index contributed by atoms with van der Waals surface area (Å²) in [7, 11) is 0. The topological polar surface area (TPSA) is 77.1 Å². The Morgan fingerprint density at radius 2 is 1.90 bits per heavy atom. The summed E-state index contributed by atoms with van der Waals surface area (Å²) in [5.74, 6) is 2.71. The first-order chi connectivity index (χ1) is 13.4. The van der Waals surface area contributed by atoms with Crippen molar-refractivity contribution in [3.63, 3.8) is 0 Å². The molecule has 2 heterocycles. The Labute approximate surface area is 190 Å². The SMILES string of the molecule is CCNC(=NCc1ncc(C(C)(C)C)o1)N1CCN(c2ccccc2O)CC1.I. The van der Waals surface area contributed by atoms with Gasteiger partial charge in [-0.2, -0.15) is 0 Å². The predicted octanol–water partition coefficient (Wildman–Crippen LogP) is 3.58. The maximum atomic E-state index is 10.1. The second-order valence-electron chi connectivity index (χ2n) is 8.00. The Morgan fingerprint density at radius 3 is 2.48 bits per heavy atom. The molecule has 3 rings (SSSR count). The van der Waals surface area contributed by atoms with E-state index in [0.29, 0.717) is 18.2 Å². The predicted molar refractivity (Wildman–Crippen MR) is 127 cm³/mol. The molecule has 0 bridgehead atoms. The van der Waals surface area contributed by atoms with Gasteiger partial charge in [-0.3, -0.25) is 0 Å². The Bertz CT molecular complexity index is 807. The minimum absolute atomic E-state index is 0. The number of rotatable bonds is 4. The molecule has 0 aliphatic carbocycles. The fraction of sp³-hybridized carbons (Fsp3) is 0.524. The van der Waals surface area contributed by atoms with E-state index in [1.165, 1.54) is 0 Å². The van der Waals surface area contributed by atoms with Crippen molar-refractivity contribution in [1.29, 1.82) is 0 Å². The minimum Gasteiger partial charge on any atom is -0.506 e. The summed E-state index contributed by atoms with van der Waals surface area (Å²) in [6, 6.07) is 7.49. The van der Waals surface area contributed by atoms with Gasteiger partial charge in [0, 0.05) is 38.1 Å².